The molecule has 0 aromatic heterocycles. The van der Waals surface area contributed by atoms with E-state index in [1.807, 2.05) is 37.3 Å². The van der Waals surface area contributed by atoms with Crippen LogP contribution in [0.3, 0.4) is 0 Å². The molecule has 2 bridgehead atoms. The fraction of sp³-hybridized carbons (Fsp3) is 0.450. The van der Waals surface area contributed by atoms with Crippen LogP contribution in [0.4, 0.5) is 0 Å². The van der Waals surface area contributed by atoms with Gasteiger partial charge in [0, 0.05) is 12.1 Å². The summed E-state index contributed by atoms with van der Waals surface area (Å²) in [4.78, 5) is 40.9. The first kappa shape index (κ1) is 17.3. The molecule has 26 heavy (non-hydrogen) atoms. The Morgan fingerprint density at radius 3 is 2.35 bits per heavy atom. The van der Waals surface area contributed by atoms with Crippen LogP contribution in [0.5, 0.6) is 0 Å². The number of amides is 3. The van der Waals surface area contributed by atoms with E-state index in [4.69, 9.17) is 11.6 Å². The SMILES string of the molecule is C[C@H](c1ccccc1Cl)N(C)C(=O)CN1C(=O)[C@@H]2[C@@H](C1=O)[C@H]1C=C[C@H]2C1. The molecule has 1 aromatic carbocycles. The number of likely N-dealkylation sites (N-methyl/N-ethyl adjacent to an activating group) is 1. The van der Waals surface area contributed by atoms with Crippen LogP contribution in [0.15, 0.2) is 36.4 Å². The van der Waals surface area contributed by atoms with Gasteiger partial charge in [0.15, 0.2) is 0 Å². The van der Waals surface area contributed by atoms with Gasteiger partial charge in [-0.15, -0.1) is 0 Å². The molecule has 1 heterocycles. The standard InChI is InChI=1S/C20H21ClN2O3/c1-11(14-5-3-4-6-15(14)21)22(2)16(24)10-23-19(25)17-12-7-8-13(9-12)18(17)20(23)26/h3-8,11-13,17-18H,9-10H2,1-2H3/t11-,12+,13+,17+,18+/m1/s1. The Bertz CT molecular complexity index is 791. The second-order valence-electron chi connectivity index (χ2n) is 7.46. The topological polar surface area (TPSA) is 57.7 Å². The molecule has 3 amide bonds. The van der Waals surface area contributed by atoms with E-state index >= 15 is 0 Å². The normalized spacial score (nSPS) is 30.0. The average molecular weight is 373 g/mol. The third-order valence-corrected chi connectivity index (χ3v) is 6.53. The summed E-state index contributed by atoms with van der Waals surface area (Å²) in [6, 6.07) is 7.11. The highest BCUT2D eigenvalue weighted by Crippen LogP contribution is 2.52. The first-order valence-corrected chi connectivity index (χ1v) is 9.31. The van der Waals surface area contributed by atoms with Crippen LogP contribution in [0.1, 0.15) is 24.9 Å². The maximum atomic E-state index is 12.7. The van der Waals surface area contributed by atoms with Crippen molar-refractivity contribution < 1.29 is 14.4 Å². The summed E-state index contributed by atoms with van der Waals surface area (Å²) >= 11 is 6.22. The summed E-state index contributed by atoms with van der Waals surface area (Å²) < 4.78 is 0. The number of carbonyl (C=O) groups is 3. The van der Waals surface area contributed by atoms with E-state index in [9.17, 15) is 14.4 Å². The maximum absolute atomic E-state index is 12.7. The summed E-state index contributed by atoms with van der Waals surface area (Å²) in [6.07, 6.45) is 4.99. The average Bonchev–Trinajstić information content (AvgIpc) is 3.31. The lowest BCUT2D eigenvalue weighted by molar-refractivity contribution is -0.147. The molecule has 5 nitrogen and oxygen atoms in total. The number of rotatable bonds is 4. The number of fused-ring (bicyclic) bond motifs is 5. The van der Waals surface area contributed by atoms with Gasteiger partial charge in [-0.2, -0.15) is 0 Å². The summed E-state index contributed by atoms with van der Waals surface area (Å²) in [7, 11) is 1.67. The lowest BCUT2D eigenvalue weighted by Crippen LogP contribution is -2.43. The number of hydrogen-bond acceptors (Lipinski definition) is 3. The Morgan fingerprint density at radius 1 is 1.19 bits per heavy atom. The molecule has 1 saturated carbocycles. The monoisotopic (exact) mass is 372 g/mol. The van der Waals surface area contributed by atoms with E-state index in [1.165, 1.54) is 4.90 Å². The molecule has 3 aliphatic rings. The van der Waals surface area contributed by atoms with E-state index in [0.29, 0.717) is 5.02 Å². The van der Waals surface area contributed by atoms with Crippen molar-refractivity contribution in [1.82, 2.24) is 9.80 Å². The van der Waals surface area contributed by atoms with Crippen molar-refractivity contribution in [2.75, 3.05) is 13.6 Å². The lowest BCUT2D eigenvalue weighted by Gasteiger charge is -2.28. The number of likely N-dealkylation sites (tertiary alicyclic amines) is 1. The van der Waals surface area contributed by atoms with Gasteiger partial charge in [-0.1, -0.05) is 42.0 Å². The molecule has 1 saturated heterocycles. The molecule has 2 aliphatic carbocycles. The smallest absolute Gasteiger partial charge is 0.242 e. The van der Waals surface area contributed by atoms with Crippen molar-refractivity contribution in [3.63, 3.8) is 0 Å². The molecule has 1 aliphatic heterocycles. The molecule has 136 valence electrons. The van der Waals surface area contributed by atoms with E-state index < -0.39 is 0 Å². The predicted octanol–water partition coefficient (Wildman–Crippen LogP) is 2.67. The lowest BCUT2D eigenvalue weighted by atomic mass is 9.85. The summed E-state index contributed by atoms with van der Waals surface area (Å²) in [5, 5.41) is 0.588. The van der Waals surface area contributed by atoms with Gasteiger partial charge in [-0.25, -0.2) is 0 Å². The zero-order valence-electron chi connectivity index (χ0n) is 14.8. The van der Waals surface area contributed by atoms with Crippen molar-refractivity contribution in [3.05, 3.63) is 47.0 Å². The number of allylic oxidation sites excluding steroid dienone is 2. The second-order valence-corrected chi connectivity index (χ2v) is 7.87. The van der Waals surface area contributed by atoms with Gasteiger partial charge in [0.2, 0.25) is 17.7 Å². The second kappa shape index (κ2) is 6.23. The molecule has 1 aromatic rings. The molecular formula is C20H21ClN2O3. The molecule has 0 radical (unpaired) electrons. The molecule has 2 fully saturated rings. The quantitative estimate of drug-likeness (QED) is 0.603. The minimum atomic E-state index is -0.267. The predicted molar refractivity (Wildman–Crippen MR) is 97.1 cm³/mol. The molecule has 6 heteroatoms. The fourth-order valence-electron chi connectivity index (χ4n) is 4.61. The number of nitrogens with zero attached hydrogens (tertiary/aromatic N) is 2. The highest BCUT2D eigenvalue weighted by molar-refractivity contribution is 6.31. The molecular weight excluding hydrogens is 352 g/mol. The van der Waals surface area contributed by atoms with Gasteiger partial charge in [0.1, 0.15) is 6.54 Å². The Morgan fingerprint density at radius 2 is 1.77 bits per heavy atom. The van der Waals surface area contributed by atoms with Crippen LogP contribution in [0.2, 0.25) is 5.02 Å². The van der Waals surface area contributed by atoms with E-state index in [1.54, 1.807) is 18.0 Å². The van der Waals surface area contributed by atoms with Crippen molar-refractivity contribution in [2.45, 2.75) is 19.4 Å². The van der Waals surface area contributed by atoms with E-state index in [0.717, 1.165) is 12.0 Å². The Kier molecular flexibility index (Phi) is 4.14. The van der Waals surface area contributed by atoms with Crippen molar-refractivity contribution >= 4 is 29.3 Å². The van der Waals surface area contributed by atoms with Gasteiger partial charge >= 0.3 is 0 Å². The van der Waals surface area contributed by atoms with Crippen LogP contribution in [0, 0.1) is 23.7 Å². The molecule has 0 unspecified atom stereocenters. The van der Waals surface area contributed by atoms with Crippen LogP contribution in [0.25, 0.3) is 0 Å². The van der Waals surface area contributed by atoms with Gasteiger partial charge < -0.3 is 4.90 Å². The number of carbonyl (C=O) groups excluding carboxylic acids is 3. The zero-order valence-corrected chi connectivity index (χ0v) is 15.5. The van der Waals surface area contributed by atoms with Gasteiger partial charge in [-0.3, -0.25) is 19.3 Å². The highest BCUT2D eigenvalue weighted by atomic mass is 35.5. The molecule has 4 rings (SSSR count). The number of hydrogen-bond donors (Lipinski definition) is 0. The molecule has 0 N–H and O–H groups in total. The first-order valence-electron chi connectivity index (χ1n) is 8.93. The minimum absolute atomic E-state index is 0.154. The first-order chi connectivity index (χ1) is 12.4. The van der Waals surface area contributed by atoms with E-state index in [2.05, 4.69) is 0 Å². The summed E-state index contributed by atoms with van der Waals surface area (Å²) in [5.74, 6) is -0.872. The molecule has 0 spiro atoms. The highest BCUT2D eigenvalue weighted by Gasteiger charge is 2.59. The largest absolute Gasteiger partial charge is 0.337 e. The Balaban J connectivity index is 1.48. The van der Waals surface area contributed by atoms with Crippen LogP contribution in [-0.2, 0) is 14.4 Å². The number of benzene rings is 1. The third-order valence-electron chi connectivity index (χ3n) is 6.18. The minimum Gasteiger partial charge on any atom is -0.337 e. The maximum Gasteiger partial charge on any atom is 0.242 e. The number of halogens is 1. The van der Waals surface area contributed by atoms with Crippen molar-refractivity contribution in [1.29, 1.82) is 0 Å². The van der Waals surface area contributed by atoms with Crippen LogP contribution >= 0.6 is 11.6 Å². The Hall–Kier alpha value is -2.14. The van der Waals surface area contributed by atoms with Crippen molar-refractivity contribution in [2.24, 2.45) is 23.7 Å². The van der Waals surface area contributed by atoms with Crippen LogP contribution in [-0.4, -0.2) is 41.1 Å². The Labute approximate surface area is 157 Å². The molecule has 5 atom stereocenters. The summed E-state index contributed by atoms with van der Waals surface area (Å²) in [5.41, 5.74) is 0.836. The van der Waals surface area contributed by atoms with E-state index in [-0.39, 0.29) is 54.0 Å². The van der Waals surface area contributed by atoms with Gasteiger partial charge in [0.25, 0.3) is 0 Å². The zero-order chi connectivity index (χ0) is 18.6. The summed E-state index contributed by atoms with van der Waals surface area (Å²) in [6.45, 7) is 1.68. The third kappa shape index (κ3) is 2.49. The number of imide groups is 1. The fourth-order valence-corrected chi connectivity index (χ4v) is 4.90. The van der Waals surface area contributed by atoms with Gasteiger partial charge in [0.05, 0.1) is 17.9 Å². The van der Waals surface area contributed by atoms with Gasteiger partial charge in [-0.05, 0) is 36.8 Å². The van der Waals surface area contributed by atoms with Crippen LogP contribution < -0.4 is 0 Å². The van der Waals surface area contributed by atoms with Crippen molar-refractivity contribution in [3.8, 4) is 0 Å².